The zero-order valence-electron chi connectivity index (χ0n) is 10.1. The number of nitrogens with zero attached hydrogens (tertiary/aromatic N) is 3. The predicted molar refractivity (Wildman–Crippen MR) is 68.3 cm³/mol. The molecule has 2 N–H and O–H groups in total. The smallest absolute Gasteiger partial charge is 0.102 e. The summed E-state index contributed by atoms with van der Waals surface area (Å²) in [6, 6.07) is 5.79. The van der Waals surface area contributed by atoms with Crippen molar-refractivity contribution in [3.8, 4) is 5.69 Å². The third-order valence-corrected chi connectivity index (χ3v) is 2.81. The van der Waals surface area contributed by atoms with E-state index in [1.807, 2.05) is 39.0 Å². The van der Waals surface area contributed by atoms with E-state index in [9.17, 15) is 0 Å². The maximum Gasteiger partial charge on any atom is 0.102 e. The molecule has 0 fully saturated rings. The van der Waals surface area contributed by atoms with Crippen molar-refractivity contribution in [2.45, 2.75) is 26.3 Å². The topological polar surface area (TPSA) is 56.7 Å². The van der Waals surface area contributed by atoms with Gasteiger partial charge in [0, 0.05) is 0 Å². The second kappa shape index (κ2) is 4.13. The maximum atomic E-state index is 6.17. The number of hydrogen-bond donors (Lipinski definition) is 1. The van der Waals surface area contributed by atoms with Gasteiger partial charge in [-0.15, -0.1) is 5.10 Å². The minimum atomic E-state index is -0.505. The largest absolute Gasteiger partial charge is 0.320 e. The van der Waals surface area contributed by atoms with Gasteiger partial charge in [-0.25, -0.2) is 4.68 Å². The highest BCUT2D eigenvalue weighted by Gasteiger charge is 2.19. The summed E-state index contributed by atoms with van der Waals surface area (Å²) in [6.07, 6.45) is 1.80. The molecule has 90 valence electrons. The van der Waals surface area contributed by atoms with Crippen LogP contribution in [0.15, 0.2) is 24.4 Å². The molecule has 0 spiro atoms. The van der Waals surface area contributed by atoms with Crippen LogP contribution in [-0.2, 0) is 5.54 Å². The van der Waals surface area contributed by atoms with Crippen LogP contribution in [-0.4, -0.2) is 15.0 Å². The first kappa shape index (κ1) is 12.1. The second-order valence-electron chi connectivity index (χ2n) is 4.72. The van der Waals surface area contributed by atoms with Crippen molar-refractivity contribution in [2.75, 3.05) is 0 Å². The number of aryl methyl sites for hydroxylation is 1. The Hall–Kier alpha value is -1.39. The summed E-state index contributed by atoms with van der Waals surface area (Å²) in [6.45, 7) is 5.77. The van der Waals surface area contributed by atoms with Gasteiger partial charge in [0.15, 0.2) is 0 Å². The Bertz CT molecular complexity index is 540. The minimum absolute atomic E-state index is 0.505. The number of halogens is 1. The molecule has 0 aliphatic heterocycles. The lowest BCUT2D eigenvalue weighted by Crippen LogP contribution is -2.29. The first-order valence-corrected chi connectivity index (χ1v) is 5.74. The highest BCUT2D eigenvalue weighted by molar-refractivity contribution is 6.32. The van der Waals surface area contributed by atoms with Gasteiger partial charge in [-0.1, -0.05) is 22.9 Å². The molecule has 1 aromatic carbocycles. The van der Waals surface area contributed by atoms with Gasteiger partial charge in [0.2, 0.25) is 0 Å². The van der Waals surface area contributed by atoms with Gasteiger partial charge in [-0.05, 0) is 38.5 Å². The monoisotopic (exact) mass is 250 g/mol. The van der Waals surface area contributed by atoms with Crippen LogP contribution in [0.3, 0.4) is 0 Å². The SMILES string of the molecule is Cc1ccc(-n2cc(C(C)(C)N)nn2)c(Cl)c1. The van der Waals surface area contributed by atoms with Crippen molar-refractivity contribution in [3.63, 3.8) is 0 Å². The van der Waals surface area contributed by atoms with Crippen molar-refractivity contribution in [3.05, 3.63) is 40.7 Å². The van der Waals surface area contributed by atoms with Gasteiger partial charge in [0.05, 0.1) is 22.4 Å². The number of rotatable bonds is 2. The number of nitrogens with two attached hydrogens (primary N) is 1. The summed E-state index contributed by atoms with van der Waals surface area (Å²) in [5, 5.41) is 8.75. The zero-order chi connectivity index (χ0) is 12.6. The highest BCUT2D eigenvalue weighted by Crippen LogP contribution is 2.22. The number of hydrogen-bond acceptors (Lipinski definition) is 3. The summed E-state index contributed by atoms with van der Waals surface area (Å²) in [7, 11) is 0. The van der Waals surface area contributed by atoms with Crippen LogP contribution < -0.4 is 5.73 Å². The van der Waals surface area contributed by atoms with Crippen molar-refractivity contribution >= 4 is 11.6 Å². The Balaban J connectivity index is 2.44. The van der Waals surface area contributed by atoms with Crippen molar-refractivity contribution in [2.24, 2.45) is 5.73 Å². The molecule has 0 saturated heterocycles. The molecule has 0 saturated carbocycles. The zero-order valence-corrected chi connectivity index (χ0v) is 10.9. The van der Waals surface area contributed by atoms with Crippen LogP contribution in [0.5, 0.6) is 0 Å². The van der Waals surface area contributed by atoms with E-state index in [1.54, 1.807) is 10.9 Å². The lowest BCUT2D eigenvalue weighted by molar-refractivity contribution is 0.533. The molecule has 0 amide bonds. The van der Waals surface area contributed by atoms with Crippen molar-refractivity contribution in [1.82, 2.24) is 15.0 Å². The molecular formula is C12H15ClN4. The van der Waals surface area contributed by atoms with Crippen LogP contribution in [0, 0.1) is 6.92 Å². The third-order valence-electron chi connectivity index (χ3n) is 2.50. The highest BCUT2D eigenvalue weighted by atomic mass is 35.5. The van der Waals surface area contributed by atoms with Gasteiger partial charge >= 0.3 is 0 Å². The van der Waals surface area contributed by atoms with Crippen LogP contribution >= 0.6 is 11.6 Å². The molecule has 4 nitrogen and oxygen atoms in total. The predicted octanol–water partition coefficient (Wildman–Crippen LogP) is 2.42. The Morgan fingerprint density at radius 1 is 1.35 bits per heavy atom. The fourth-order valence-electron chi connectivity index (χ4n) is 1.47. The molecule has 17 heavy (non-hydrogen) atoms. The summed E-state index contributed by atoms with van der Waals surface area (Å²) < 4.78 is 1.64. The van der Waals surface area contributed by atoms with Crippen LogP contribution in [0.1, 0.15) is 25.1 Å². The molecule has 2 rings (SSSR count). The van der Waals surface area contributed by atoms with Crippen LogP contribution in [0.2, 0.25) is 5.02 Å². The summed E-state index contributed by atoms with van der Waals surface area (Å²) in [4.78, 5) is 0. The Kier molecular flexibility index (Phi) is 2.93. The minimum Gasteiger partial charge on any atom is -0.320 e. The van der Waals surface area contributed by atoms with E-state index < -0.39 is 5.54 Å². The quantitative estimate of drug-likeness (QED) is 0.891. The maximum absolute atomic E-state index is 6.17. The van der Waals surface area contributed by atoms with E-state index in [2.05, 4.69) is 10.3 Å². The molecule has 1 heterocycles. The first-order chi connectivity index (χ1) is 7.88. The fraction of sp³-hybridized carbons (Fsp3) is 0.333. The van der Waals surface area contributed by atoms with Crippen LogP contribution in [0.4, 0.5) is 0 Å². The lowest BCUT2D eigenvalue weighted by atomic mass is 10.0. The summed E-state index contributed by atoms with van der Waals surface area (Å²) in [5.74, 6) is 0. The molecule has 0 aliphatic rings. The average Bonchev–Trinajstić information content (AvgIpc) is 2.65. The van der Waals surface area contributed by atoms with E-state index >= 15 is 0 Å². The number of aromatic nitrogens is 3. The van der Waals surface area contributed by atoms with E-state index in [-0.39, 0.29) is 0 Å². The second-order valence-corrected chi connectivity index (χ2v) is 5.13. The Labute approximate surface area is 105 Å². The van der Waals surface area contributed by atoms with E-state index in [0.29, 0.717) is 5.02 Å². The third kappa shape index (κ3) is 2.48. The van der Waals surface area contributed by atoms with Gasteiger partial charge < -0.3 is 5.73 Å². The molecule has 1 aromatic heterocycles. The molecule has 0 radical (unpaired) electrons. The van der Waals surface area contributed by atoms with Gasteiger partial charge in [-0.3, -0.25) is 0 Å². The van der Waals surface area contributed by atoms with Crippen molar-refractivity contribution < 1.29 is 0 Å². The van der Waals surface area contributed by atoms with Gasteiger partial charge in [0.25, 0.3) is 0 Å². The summed E-state index contributed by atoms with van der Waals surface area (Å²) in [5.41, 5.74) is 8.10. The Morgan fingerprint density at radius 2 is 2.06 bits per heavy atom. The molecule has 0 bridgehead atoms. The molecule has 2 aromatic rings. The summed E-state index contributed by atoms with van der Waals surface area (Å²) >= 11 is 6.17. The molecule has 0 unspecified atom stereocenters. The molecule has 5 heteroatoms. The standard InChI is InChI=1S/C12H15ClN4/c1-8-4-5-10(9(13)6-8)17-7-11(15-16-17)12(2,3)14/h4-7H,14H2,1-3H3. The first-order valence-electron chi connectivity index (χ1n) is 5.36. The molecule has 0 atom stereocenters. The van der Waals surface area contributed by atoms with Crippen LogP contribution in [0.25, 0.3) is 5.69 Å². The van der Waals surface area contributed by atoms with Gasteiger partial charge in [-0.2, -0.15) is 0 Å². The van der Waals surface area contributed by atoms with E-state index in [1.165, 1.54) is 0 Å². The van der Waals surface area contributed by atoms with Crippen molar-refractivity contribution in [1.29, 1.82) is 0 Å². The Morgan fingerprint density at radius 3 is 2.59 bits per heavy atom. The number of benzene rings is 1. The molecule has 0 aliphatic carbocycles. The lowest BCUT2D eigenvalue weighted by Gasteiger charge is -2.13. The fourth-order valence-corrected chi connectivity index (χ4v) is 1.80. The van der Waals surface area contributed by atoms with Gasteiger partial charge in [0.1, 0.15) is 5.69 Å². The molecular weight excluding hydrogens is 236 g/mol. The average molecular weight is 251 g/mol. The normalized spacial score (nSPS) is 11.8. The van der Waals surface area contributed by atoms with E-state index in [0.717, 1.165) is 16.9 Å². The van der Waals surface area contributed by atoms with E-state index in [4.69, 9.17) is 17.3 Å².